The van der Waals surface area contributed by atoms with Crippen molar-refractivity contribution >= 4 is 5.69 Å². The second-order valence-corrected chi connectivity index (χ2v) is 4.64. The highest BCUT2D eigenvalue weighted by Gasteiger charge is 2.13. The number of methoxy groups -OCH3 is 1. The van der Waals surface area contributed by atoms with Crippen molar-refractivity contribution in [2.24, 2.45) is 0 Å². The van der Waals surface area contributed by atoms with Crippen LogP contribution in [-0.2, 0) is 0 Å². The number of benzene rings is 2. The van der Waals surface area contributed by atoms with Crippen LogP contribution < -0.4 is 10.1 Å². The van der Waals surface area contributed by atoms with Gasteiger partial charge in [0.1, 0.15) is 0 Å². The Morgan fingerprint density at radius 3 is 2.45 bits per heavy atom. The van der Waals surface area contributed by atoms with Crippen LogP contribution in [0.5, 0.6) is 5.75 Å². The van der Waals surface area contributed by atoms with Gasteiger partial charge in [-0.15, -0.1) is 0 Å². The number of aliphatic hydroxyl groups excluding tert-OH is 1. The maximum atomic E-state index is 13.7. The van der Waals surface area contributed by atoms with Crippen molar-refractivity contribution in [3.63, 3.8) is 0 Å². The smallest absolute Gasteiger partial charge is 0.165 e. The molecule has 2 aromatic carbocycles. The SMILES string of the molecule is COc1ccc(C(CO)Nc2ccc(C)cc2)cc1F. The van der Waals surface area contributed by atoms with Gasteiger partial charge in [0.25, 0.3) is 0 Å². The third-order valence-electron chi connectivity index (χ3n) is 3.15. The second-order valence-electron chi connectivity index (χ2n) is 4.64. The van der Waals surface area contributed by atoms with Gasteiger partial charge in [-0.25, -0.2) is 4.39 Å². The molecule has 0 heterocycles. The summed E-state index contributed by atoms with van der Waals surface area (Å²) in [5.41, 5.74) is 2.71. The highest BCUT2D eigenvalue weighted by molar-refractivity contribution is 5.47. The summed E-state index contributed by atoms with van der Waals surface area (Å²) in [6.45, 7) is 1.88. The highest BCUT2D eigenvalue weighted by atomic mass is 19.1. The van der Waals surface area contributed by atoms with E-state index < -0.39 is 5.82 Å². The highest BCUT2D eigenvalue weighted by Crippen LogP contribution is 2.24. The molecular formula is C16H18FNO2. The molecule has 0 amide bonds. The molecule has 3 nitrogen and oxygen atoms in total. The van der Waals surface area contributed by atoms with E-state index in [1.165, 1.54) is 13.2 Å². The van der Waals surface area contributed by atoms with Crippen LogP contribution in [0.15, 0.2) is 42.5 Å². The number of ether oxygens (including phenoxy) is 1. The number of nitrogens with one attached hydrogen (secondary N) is 1. The molecule has 0 bridgehead atoms. The van der Waals surface area contributed by atoms with Crippen LogP contribution in [0.4, 0.5) is 10.1 Å². The molecule has 0 aliphatic heterocycles. The van der Waals surface area contributed by atoms with Crippen LogP contribution in [0.25, 0.3) is 0 Å². The summed E-state index contributed by atoms with van der Waals surface area (Å²) in [6, 6.07) is 12.1. The Labute approximate surface area is 118 Å². The minimum Gasteiger partial charge on any atom is -0.494 e. The molecule has 0 saturated carbocycles. The van der Waals surface area contributed by atoms with Crippen molar-refractivity contribution in [3.05, 3.63) is 59.4 Å². The molecule has 0 radical (unpaired) electrons. The van der Waals surface area contributed by atoms with Crippen molar-refractivity contribution in [1.82, 2.24) is 0 Å². The van der Waals surface area contributed by atoms with Crippen LogP contribution in [0.3, 0.4) is 0 Å². The summed E-state index contributed by atoms with van der Waals surface area (Å²) in [6.07, 6.45) is 0. The summed E-state index contributed by atoms with van der Waals surface area (Å²) in [4.78, 5) is 0. The van der Waals surface area contributed by atoms with Gasteiger partial charge in [-0.05, 0) is 36.8 Å². The molecular weight excluding hydrogens is 257 g/mol. The molecule has 2 N–H and O–H groups in total. The number of aryl methyl sites for hydroxylation is 1. The van der Waals surface area contributed by atoms with Gasteiger partial charge in [-0.3, -0.25) is 0 Å². The number of hydrogen-bond acceptors (Lipinski definition) is 3. The lowest BCUT2D eigenvalue weighted by atomic mass is 10.1. The summed E-state index contributed by atoms with van der Waals surface area (Å²) in [7, 11) is 1.42. The number of rotatable bonds is 5. The van der Waals surface area contributed by atoms with E-state index in [2.05, 4.69) is 5.32 Å². The Bertz CT molecular complexity index is 569. The summed E-state index contributed by atoms with van der Waals surface area (Å²) in [5, 5.41) is 12.7. The monoisotopic (exact) mass is 275 g/mol. The maximum Gasteiger partial charge on any atom is 0.165 e. The van der Waals surface area contributed by atoms with Crippen molar-refractivity contribution in [3.8, 4) is 5.75 Å². The molecule has 0 fully saturated rings. The van der Waals surface area contributed by atoms with Gasteiger partial charge in [0.05, 0.1) is 19.8 Å². The molecule has 0 aromatic heterocycles. The van der Waals surface area contributed by atoms with E-state index in [1.54, 1.807) is 12.1 Å². The molecule has 0 spiro atoms. The zero-order valence-electron chi connectivity index (χ0n) is 11.6. The first-order chi connectivity index (χ1) is 9.63. The third-order valence-corrected chi connectivity index (χ3v) is 3.15. The van der Waals surface area contributed by atoms with Crippen LogP contribution in [0.2, 0.25) is 0 Å². The fourth-order valence-electron chi connectivity index (χ4n) is 1.98. The summed E-state index contributed by atoms with van der Waals surface area (Å²) < 4.78 is 18.6. The number of halogens is 1. The van der Waals surface area contributed by atoms with E-state index in [0.29, 0.717) is 5.56 Å². The van der Waals surface area contributed by atoms with Gasteiger partial charge in [0.15, 0.2) is 11.6 Å². The first-order valence-electron chi connectivity index (χ1n) is 6.41. The average Bonchev–Trinajstić information content (AvgIpc) is 2.46. The Balaban J connectivity index is 2.19. The lowest BCUT2D eigenvalue weighted by Gasteiger charge is -2.18. The van der Waals surface area contributed by atoms with Crippen LogP contribution in [-0.4, -0.2) is 18.8 Å². The number of hydrogen-bond donors (Lipinski definition) is 2. The standard InChI is InChI=1S/C16H18FNO2/c1-11-3-6-13(7-4-11)18-15(10-19)12-5-8-16(20-2)14(17)9-12/h3-9,15,18-19H,10H2,1-2H3. The number of aliphatic hydroxyl groups is 1. The zero-order chi connectivity index (χ0) is 14.5. The van der Waals surface area contributed by atoms with Crippen molar-refractivity contribution in [2.75, 3.05) is 19.0 Å². The van der Waals surface area contributed by atoms with E-state index >= 15 is 0 Å². The fraction of sp³-hybridized carbons (Fsp3) is 0.250. The van der Waals surface area contributed by atoms with Crippen molar-refractivity contribution in [2.45, 2.75) is 13.0 Å². The molecule has 20 heavy (non-hydrogen) atoms. The third kappa shape index (κ3) is 3.27. The summed E-state index contributed by atoms with van der Waals surface area (Å²) in [5.74, 6) is -0.241. The van der Waals surface area contributed by atoms with Crippen LogP contribution in [0, 0.1) is 12.7 Å². The van der Waals surface area contributed by atoms with E-state index in [4.69, 9.17) is 4.74 Å². The van der Waals surface area contributed by atoms with Crippen molar-refractivity contribution in [1.29, 1.82) is 0 Å². The minimum absolute atomic E-state index is 0.125. The first-order valence-corrected chi connectivity index (χ1v) is 6.41. The molecule has 2 rings (SSSR count). The minimum atomic E-state index is -0.436. The molecule has 0 aliphatic carbocycles. The zero-order valence-corrected chi connectivity index (χ0v) is 11.6. The Kier molecular flexibility index (Phi) is 4.58. The first kappa shape index (κ1) is 14.3. The molecule has 4 heteroatoms. The van der Waals surface area contributed by atoms with Crippen LogP contribution >= 0.6 is 0 Å². The summed E-state index contributed by atoms with van der Waals surface area (Å²) >= 11 is 0. The topological polar surface area (TPSA) is 41.5 Å². The normalized spacial score (nSPS) is 12.0. The van der Waals surface area contributed by atoms with E-state index in [-0.39, 0.29) is 18.4 Å². The maximum absolute atomic E-state index is 13.7. The molecule has 2 aromatic rings. The second kappa shape index (κ2) is 6.39. The molecule has 106 valence electrons. The number of anilines is 1. The quantitative estimate of drug-likeness (QED) is 0.879. The molecule has 1 atom stereocenters. The molecule has 0 aliphatic rings. The molecule has 0 saturated heterocycles. The average molecular weight is 275 g/mol. The predicted octanol–water partition coefficient (Wildman–Crippen LogP) is 3.29. The van der Waals surface area contributed by atoms with Gasteiger partial charge in [0.2, 0.25) is 0 Å². The van der Waals surface area contributed by atoms with Gasteiger partial charge < -0.3 is 15.2 Å². The van der Waals surface area contributed by atoms with E-state index in [1.807, 2.05) is 31.2 Å². The lowest BCUT2D eigenvalue weighted by Crippen LogP contribution is -2.15. The van der Waals surface area contributed by atoms with Gasteiger partial charge in [-0.2, -0.15) is 0 Å². The lowest BCUT2D eigenvalue weighted by molar-refractivity contribution is 0.276. The Morgan fingerprint density at radius 1 is 1.20 bits per heavy atom. The van der Waals surface area contributed by atoms with E-state index in [9.17, 15) is 9.50 Å². The van der Waals surface area contributed by atoms with Gasteiger partial charge >= 0.3 is 0 Å². The Hall–Kier alpha value is -2.07. The molecule has 1 unspecified atom stereocenters. The van der Waals surface area contributed by atoms with E-state index in [0.717, 1.165) is 11.3 Å². The van der Waals surface area contributed by atoms with Gasteiger partial charge in [-0.1, -0.05) is 23.8 Å². The van der Waals surface area contributed by atoms with Crippen LogP contribution in [0.1, 0.15) is 17.2 Å². The largest absolute Gasteiger partial charge is 0.494 e. The Morgan fingerprint density at radius 2 is 1.90 bits per heavy atom. The fourth-order valence-corrected chi connectivity index (χ4v) is 1.98. The predicted molar refractivity (Wildman–Crippen MR) is 77.6 cm³/mol. The van der Waals surface area contributed by atoms with Crippen molar-refractivity contribution < 1.29 is 14.2 Å². The van der Waals surface area contributed by atoms with Gasteiger partial charge in [0, 0.05) is 5.69 Å².